The smallest absolute Gasteiger partial charge is 0.0939 e. The third-order valence-electron chi connectivity index (χ3n) is 2.07. The molecule has 90 valence electrons. The zero-order chi connectivity index (χ0) is 11.7. The van der Waals surface area contributed by atoms with Crippen LogP contribution < -0.4 is 5.43 Å². The number of nitrogens with zero attached hydrogens (tertiary/aromatic N) is 1. The molecule has 0 unspecified atom stereocenters. The number of nitrogens with one attached hydrogen (secondary N) is 1. The van der Waals surface area contributed by atoms with E-state index in [4.69, 9.17) is 5.11 Å². The minimum atomic E-state index is -0.885. The lowest BCUT2D eigenvalue weighted by atomic mass is 10.2. The third-order valence-corrected chi connectivity index (χ3v) is 2.07. The summed E-state index contributed by atoms with van der Waals surface area (Å²) in [5.41, 5.74) is 2.60. The standard InChI is InChI=1S/C10H22N2O3/c1-3-4-5-6-7-12(15)11-9(2)10(14)8-13/h6-7,9-11,13-15H,3-5,8H2,1-2H3/b7-6-/t9-,10-/m1/s1. The fourth-order valence-electron chi connectivity index (χ4n) is 0.992. The van der Waals surface area contributed by atoms with Gasteiger partial charge in [-0.05, 0) is 13.3 Å². The lowest BCUT2D eigenvalue weighted by Crippen LogP contribution is -2.45. The average molecular weight is 218 g/mol. The highest BCUT2D eigenvalue weighted by atomic mass is 16.5. The van der Waals surface area contributed by atoms with Crippen LogP contribution >= 0.6 is 0 Å². The molecule has 15 heavy (non-hydrogen) atoms. The Morgan fingerprint density at radius 1 is 1.47 bits per heavy atom. The Labute approximate surface area is 91.0 Å². The Bertz CT molecular complexity index is 176. The minimum Gasteiger partial charge on any atom is -0.394 e. The zero-order valence-corrected chi connectivity index (χ0v) is 9.43. The first-order valence-electron chi connectivity index (χ1n) is 5.31. The summed E-state index contributed by atoms with van der Waals surface area (Å²) in [6, 6.07) is -0.407. The topological polar surface area (TPSA) is 76.0 Å². The molecule has 0 saturated carbocycles. The molecule has 0 aromatic rings. The Morgan fingerprint density at radius 3 is 2.67 bits per heavy atom. The molecular formula is C10H22N2O3. The summed E-state index contributed by atoms with van der Waals surface area (Å²) in [5.74, 6) is 0. The van der Waals surface area contributed by atoms with E-state index in [9.17, 15) is 10.3 Å². The van der Waals surface area contributed by atoms with Gasteiger partial charge in [-0.2, -0.15) is 5.17 Å². The molecule has 4 N–H and O–H groups in total. The molecule has 0 aliphatic heterocycles. The van der Waals surface area contributed by atoms with Gasteiger partial charge in [0.25, 0.3) is 0 Å². The lowest BCUT2D eigenvalue weighted by molar-refractivity contribution is -0.112. The van der Waals surface area contributed by atoms with Crippen LogP contribution in [0, 0.1) is 0 Å². The van der Waals surface area contributed by atoms with Gasteiger partial charge in [0, 0.05) is 6.20 Å². The SMILES string of the molecule is CCCC/C=C\N(O)N[C@H](C)[C@H](O)CO. The van der Waals surface area contributed by atoms with E-state index in [2.05, 4.69) is 12.3 Å². The number of hydrazine groups is 1. The van der Waals surface area contributed by atoms with E-state index in [-0.39, 0.29) is 6.61 Å². The van der Waals surface area contributed by atoms with Gasteiger partial charge in [-0.3, -0.25) is 5.21 Å². The molecular weight excluding hydrogens is 196 g/mol. The molecule has 0 saturated heterocycles. The Kier molecular flexibility index (Phi) is 8.31. The van der Waals surface area contributed by atoms with Crippen molar-refractivity contribution >= 4 is 0 Å². The first-order valence-corrected chi connectivity index (χ1v) is 5.31. The van der Waals surface area contributed by atoms with E-state index in [1.54, 1.807) is 6.92 Å². The second-order valence-electron chi connectivity index (χ2n) is 3.54. The van der Waals surface area contributed by atoms with Crippen molar-refractivity contribution in [2.75, 3.05) is 6.61 Å². The van der Waals surface area contributed by atoms with Crippen LogP contribution in [0.4, 0.5) is 0 Å². The minimum absolute atomic E-state index is 0.332. The Morgan fingerprint density at radius 2 is 2.13 bits per heavy atom. The monoisotopic (exact) mass is 218 g/mol. The van der Waals surface area contributed by atoms with Crippen molar-refractivity contribution in [2.45, 2.75) is 45.3 Å². The number of rotatable bonds is 8. The molecule has 2 atom stereocenters. The Hall–Kier alpha value is -0.620. The van der Waals surface area contributed by atoms with Gasteiger partial charge >= 0.3 is 0 Å². The lowest BCUT2D eigenvalue weighted by Gasteiger charge is -2.22. The van der Waals surface area contributed by atoms with Gasteiger partial charge < -0.3 is 10.2 Å². The molecule has 5 nitrogen and oxygen atoms in total. The second-order valence-corrected chi connectivity index (χ2v) is 3.54. The molecule has 5 heteroatoms. The number of hydrogen-bond donors (Lipinski definition) is 4. The van der Waals surface area contributed by atoms with Crippen molar-refractivity contribution in [1.29, 1.82) is 0 Å². The van der Waals surface area contributed by atoms with Gasteiger partial charge in [0.2, 0.25) is 0 Å². The molecule has 0 rings (SSSR count). The molecule has 0 aromatic carbocycles. The summed E-state index contributed by atoms with van der Waals surface area (Å²) in [5, 5.41) is 28.0. The van der Waals surface area contributed by atoms with Gasteiger partial charge in [0.1, 0.15) is 0 Å². The van der Waals surface area contributed by atoms with Crippen LogP contribution in [0.15, 0.2) is 12.3 Å². The molecule has 0 aromatic heterocycles. The van der Waals surface area contributed by atoms with E-state index >= 15 is 0 Å². The van der Waals surface area contributed by atoms with Crippen LogP contribution in [0.3, 0.4) is 0 Å². The van der Waals surface area contributed by atoms with Crippen molar-refractivity contribution in [3.63, 3.8) is 0 Å². The fourth-order valence-corrected chi connectivity index (χ4v) is 0.992. The van der Waals surface area contributed by atoms with E-state index < -0.39 is 12.1 Å². The normalized spacial score (nSPS) is 15.5. The van der Waals surface area contributed by atoms with Gasteiger partial charge in [-0.25, -0.2) is 5.43 Å². The highest BCUT2D eigenvalue weighted by Crippen LogP contribution is 1.96. The summed E-state index contributed by atoms with van der Waals surface area (Å²) in [6.07, 6.45) is 5.56. The van der Waals surface area contributed by atoms with Crippen LogP contribution in [0.1, 0.15) is 33.1 Å². The molecule has 0 radical (unpaired) electrons. The summed E-state index contributed by atoms with van der Waals surface area (Å²) in [4.78, 5) is 0. The van der Waals surface area contributed by atoms with E-state index in [0.717, 1.165) is 24.4 Å². The number of allylic oxidation sites excluding steroid dienone is 1. The second kappa shape index (κ2) is 8.67. The first kappa shape index (κ1) is 14.4. The predicted molar refractivity (Wildman–Crippen MR) is 58.0 cm³/mol. The van der Waals surface area contributed by atoms with Gasteiger partial charge in [0.05, 0.1) is 18.8 Å². The summed E-state index contributed by atoms with van der Waals surface area (Å²) < 4.78 is 0. The van der Waals surface area contributed by atoms with E-state index in [1.807, 2.05) is 6.08 Å². The summed E-state index contributed by atoms with van der Waals surface area (Å²) in [6.45, 7) is 3.44. The number of aliphatic hydroxyl groups excluding tert-OH is 2. The van der Waals surface area contributed by atoms with Crippen molar-refractivity contribution < 1.29 is 15.4 Å². The molecule has 0 aliphatic carbocycles. The van der Waals surface area contributed by atoms with Crippen LogP contribution in [0.2, 0.25) is 0 Å². The molecule has 0 aliphatic rings. The van der Waals surface area contributed by atoms with Crippen molar-refractivity contribution in [2.24, 2.45) is 0 Å². The highest BCUT2D eigenvalue weighted by molar-refractivity contribution is 4.78. The maximum atomic E-state index is 9.31. The number of hydroxylamine groups is 1. The van der Waals surface area contributed by atoms with Gasteiger partial charge in [0.15, 0.2) is 0 Å². The number of unbranched alkanes of at least 4 members (excludes halogenated alkanes) is 2. The molecule has 0 bridgehead atoms. The van der Waals surface area contributed by atoms with Crippen LogP contribution in [-0.4, -0.2) is 39.3 Å². The largest absolute Gasteiger partial charge is 0.394 e. The van der Waals surface area contributed by atoms with Crippen LogP contribution in [0.25, 0.3) is 0 Å². The van der Waals surface area contributed by atoms with Crippen molar-refractivity contribution in [3.8, 4) is 0 Å². The summed E-state index contributed by atoms with van der Waals surface area (Å²) >= 11 is 0. The van der Waals surface area contributed by atoms with Gasteiger partial charge in [-0.1, -0.05) is 25.8 Å². The fraction of sp³-hybridized carbons (Fsp3) is 0.800. The molecule has 0 heterocycles. The highest BCUT2D eigenvalue weighted by Gasteiger charge is 2.13. The van der Waals surface area contributed by atoms with E-state index in [1.165, 1.54) is 6.20 Å². The third kappa shape index (κ3) is 7.33. The predicted octanol–water partition coefficient (Wildman–Crippen LogP) is 0.628. The molecule has 0 amide bonds. The Balaban J connectivity index is 3.72. The van der Waals surface area contributed by atoms with Crippen molar-refractivity contribution in [1.82, 2.24) is 10.6 Å². The maximum Gasteiger partial charge on any atom is 0.0939 e. The number of hydrogen-bond acceptors (Lipinski definition) is 5. The molecule has 0 spiro atoms. The maximum absolute atomic E-state index is 9.31. The van der Waals surface area contributed by atoms with Crippen molar-refractivity contribution in [3.05, 3.63) is 12.3 Å². The van der Waals surface area contributed by atoms with E-state index in [0.29, 0.717) is 0 Å². The average Bonchev–Trinajstić information content (AvgIpc) is 2.23. The summed E-state index contributed by atoms with van der Waals surface area (Å²) in [7, 11) is 0. The zero-order valence-electron chi connectivity index (χ0n) is 9.43. The van der Waals surface area contributed by atoms with Crippen LogP contribution in [0.5, 0.6) is 0 Å². The van der Waals surface area contributed by atoms with Crippen LogP contribution in [-0.2, 0) is 0 Å². The first-order chi connectivity index (χ1) is 7.11. The van der Waals surface area contributed by atoms with Gasteiger partial charge in [-0.15, -0.1) is 0 Å². The quantitative estimate of drug-likeness (QED) is 0.355. The molecule has 0 fully saturated rings. The number of aliphatic hydroxyl groups is 2.